The highest BCUT2D eigenvalue weighted by Crippen LogP contribution is 2.13. The fourth-order valence-corrected chi connectivity index (χ4v) is 1.81. The van der Waals surface area contributed by atoms with Crippen molar-refractivity contribution in [1.29, 1.82) is 0 Å². The van der Waals surface area contributed by atoms with Crippen molar-refractivity contribution in [1.82, 2.24) is 0 Å². The number of urea groups is 1. The van der Waals surface area contributed by atoms with Gasteiger partial charge in [-0.15, -0.1) is 0 Å². The minimum absolute atomic E-state index is 0.418. The molecule has 0 saturated heterocycles. The van der Waals surface area contributed by atoms with E-state index in [4.69, 9.17) is 0 Å². The molecule has 0 radical (unpaired) electrons. The third-order valence-electron chi connectivity index (χ3n) is 2.52. The molecule has 2 aromatic rings. The summed E-state index contributed by atoms with van der Waals surface area (Å²) < 4.78 is 0. The van der Waals surface area contributed by atoms with Gasteiger partial charge in [-0.1, -0.05) is 42.5 Å². The van der Waals surface area contributed by atoms with Gasteiger partial charge in [0.05, 0.1) is 5.36 Å². The fourth-order valence-electron chi connectivity index (χ4n) is 1.81. The highest BCUT2D eigenvalue weighted by atomic mass is 16.2. The Labute approximate surface area is 91.8 Å². The van der Waals surface area contributed by atoms with Crippen LogP contribution >= 0.6 is 0 Å². The van der Waals surface area contributed by atoms with Crippen LogP contribution in [0.1, 0.15) is 0 Å². The second kappa shape index (κ2) is 3.38. The summed E-state index contributed by atoms with van der Waals surface area (Å²) in [6, 6.07) is 15.1. The minimum atomic E-state index is -0.418. The number of nitrogens with zero attached hydrogens (tertiary/aromatic N) is 2. The molecule has 76 valence electrons. The molecule has 3 rings (SSSR count). The van der Waals surface area contributed by atoms with Gasteiger partial charge in [0.1, 0.15) is 5.36 Å². The van der Waals surface area contributed by atoms with Gasteiger partial charge in [0.15, 0.2) is 0 Å². The summed E-state index contributed by atoms with van der Waals surface area (Å²) in [5.74, 6) is 0. The standard InChI is InChI=1S/C13H8N2O/c16-13-14-11-8-4-7-10(12(11)15-13)9-5-2-1-3-6-9/h1-8H. The first-order chi connectivity index (χ1) is 7.84. The molecule has 0 N–H and O–H groups in total. The zero-order chi connectivity index (χ0) is 11.0. The first kappa shape index (κ1) is 8.97. The largest absolute Gasteiger partial charge is 0.368 e. The monoisotopic (exact) mass is 208 g/mol. The van der Waals surface area contributed by atoms with Gasteiger partial charge >= 0.3 is 6.03 Å². The molecule has 1 aliphatic rings. The van der Waals surface area contributed by atoms with Gasteiger partial charge in [-0.25, -0.2) is 4.79 Å². The Bertz CT molecular complexity index is 675. The predicted octanol–water partition coefficient (Wildman–Crippen LogP) is 1.73. The van der Waals surface area contributed by atoms with Crippen LogP contribution in [0.15, 0.2) is 58.5 Å². The lowest BCUT2D eigenvalue weighted by Crippen LogP contribution is -2.23. The molecule has 0 bridgehead atoms. The van der Waals surface area contributed by atoms with Crippen molar-refractivity contribution in [2.45, 2.75) is 0 Å². The Balaban J connectivity index is 2.35. The van der Waals surface area contributed by atoms with Crippen LogP contribution in [0.4, 0.5) is 4.79 Å². The van der Waals surface area contributed by atoms with Gasteiger partial charge in [-0.2, -0.15) is 9.98 Å². The van der Waals surface area contributed by atoms with E-state index < -0.39 is 6.03 Å². The number of rotatable bonds is 1. The van der Waals surface area contributed by atoms with Crippen LogP contribution in [-0.4, -0.2) is 6.03 Å². The SMILES string of the molecule is O=C1N=c2cccc(-c3ccccc3)c2=N1. The van der Waals surface area contributed by atoms with Crippen LogP contribution in [0.3, 0.4) is 0 Å². The molecule has 1 heterocycles. The Hall–Kier alpha value is -2.29. The summed E-state index contributed by atoms with van der Waals surface area (Å²) in [5.41, 5.74) is 2.00. The van der Waals surface area contributed by atoms with E-state index in [0.717, 1.165) is 11.1 Å². The third kappa shape index (κ3) is 1.34. The van der Waals surface area contributed by atoms with E-state index in [0.29, 0.717) is 10.7 Å². The Kier molecular flexibility index (Phi) is 1.90. The van der Waals surface area contributed by atoms with E-state index in [2.05, 4.69) is 9.98 Å². The number of amides is 2. The lowest BCUT2D eigenvalue weighted by atomic mass is 10.1. The summed E-state index contributed by atoms with van der Waals surface area (Å²) in [5, 5.41) is 1.34. The zero-order valence-corrected chi connectivity index (χ0v) is 8.42. The first-order valence-electron chi connectivity index (χ1n) is 5.00. The van der Waals surface area contributed by atoms with Gasteiger partial charge in [-0.05, 0) is 11.6 Å². The molecular formula is C13H8N2O. The molecule has 16 heavy (non-hydrogen) atoms. The number of hydrogen-bond acceptors (Lipinski definition) is 1. The number of benzene rings is 2. The smallest absolute Gasteiger partial charge is 0.244 e. The zero-order valence-electron chi connectivity index (χ0n) is 8.42. The highest BCUT2D eigenvalue weighted by molar-refractivity contribution is 5.79. The summed E-state index contributed by atoms with van der Waals surface area (Å²) in [6.07, 6.45) is 0. The van der Waals surface area contributed by atoms with Crippen LogP contribution < -0.4 is 10.7 Å². The van der Waals surface area contributed by atoms with Crippen LogP contribution in [-0.2, 0) is 0 Å². The average molecular weight is 208 g/mol. The van der Waals surface area contributed by atoms with Gasteiger partial charge in [0.2, 0.25) is 0 Å². The third-order valence-corrected chi connectivity index (χ3v) is 2.52. The molecule has 1 aliphatic heterocycles. The van der Waals surface area contributed by atoms with Gasteiger partial charge in [0.25, 0.3) is 0 Å². The molecule has 0 fully saturated rings. The molecule has 3 nitrogen and oxygen atoms in total. The maximum atomic E-state index is 11.2. The predicted molar refractivity (Wildman–Crippen MR) is 59.6 cm³/mol. The lowest BCUT2D eigenvalue weighted by molar-refractivity contribution is 0.256. The topological polar surface area (TPSA) is 41.8 Å². The molecule has 2 aromatic carbocycles. The second-order valence-corrected chi connectivity index (χ2v) is 3.55. The Morgan fingerprint density at radius 3 is 2.44 bits per heavy atom. The number of hydrogen-bond donors (Lipinski definition) is 0. The number of fused-ring (bicyclic) bond motifs is 1. The quantitative estimate of drug-likeness (QED) is 0.703. The fraction of sp³-hybridized carbons (Fsp3) is 0. The van der Waals surface area contributed by atoms with Crippen molar-refractivity contribution in [3.8, 4) is 11.1 Å². The summed E-state index contributed by atoms with van der Waals surface area (Å²) in [7, 11) is 0. The van der Waals surface area contributed by atoms with E-state index in [1.807, 2.05) is 42.5 Å². The first-order valence-corrected chi connectivity index (χ1v) is 5.00. The Morgan fingerprint density at radius 2 is 1.62 bits per heavy atom. The second-order valence-electron chi connectivity index (χ2n) is 3.55. The molecule has 2 amide bonds. The summed E-state index contributed by atoms with van der Waals surface area (Å²) >= 11 is 0. The molecule has 0 aliphatic carbocycles. The van der Waals surface area contributed by atoms with Gasteiger partial charge < -0.3 is 0 Å². The molecule has 0 aromatic heterocycles. The van der Waals surface area contributed by atoms with Crippen LogP contribution in [0.2, 0.25) is 0 Å². The lowest BCUT2D eigenvalue weighted by Gasteiger charge is -1.99. The van der Waals surface area contributed by atoms with Crippen LogP contribution in [0.25, 0.3) is 11.1 Å². The molecule has 3 heteroatoms. The van der Waals surface area contributed by atoms with Crippen LogP contribution in [0.5, 0.6) is 0 Å². The maximum absolute atomic E-state index is 11.2. The number of para-hydroxylation sites is 1. The average Bonchev–Trinajstić information content (AvgIpc) is 2.70. The van der Waals surface area contributed by atoms with E-state index >= 15 is 0 Å². The molecule has 0 spiro atoms. The Morgan fingerprint density at radius 1 is 0.812 bits per heavy atom. The van der Waals surface area contributed by atoms with E-state index in [-0.39, 0.29) is 0 Å². The van der Waals surface area contributed by atoms with Crippen molar-refractivity contribution in [2.24, 2.45) is 9.98 Å². The van der Waals surface area contributed by atoms with Gasteiger partial charge in [-0.3, -0.25) is 0 Å². The van der Waals surface area contributed by atoms with E-state index in [1.165, 1.54) is 0 Å². The van der Waals surface area contributed by atoms with Crippen LogP contribution in [0, 0.1) is 0 Å². The van der Waals surface area contributed by atoms with Crippen molar-refractivity contribution in [3.05, 3.63) is 59.2 Å². The molecule has 0 saturated carbocycles. The van der Waals surface area contributed by atoms with E-state index in [1.54, 1.807) is 6.07 Å². The summed E-state index contributed by atoms with van der Waals surface area (Å²) in [6.45, 7) is 0. The number of carbonyl (C=O) groups excluding carboxylic acids is 1. The normalized spacial score (nSPS) is 12.9. The molecule has 0 atom stereocenters. The highest BCUT2D eigenvalue weighted by Gasteiger charge is 2.09. The summed E-state index contributed by atoms with van der Waals surface area (Å²) in [4.78, 5) is 18.9. The van der Waals surface area contributed by atoms with Crippen molar-refractivity contribution >= 4 is 6.03 Å². The van der Waals surface area contributed by atoms with Crippen molar-refractivity contribution < 1.29 is 4.79 Å². The minimum Gasteiger partial charge on any atom is -0.244 e. The maximum Gasteiger partial charge on any atom is 0.368 e. The number of carbonyl (C=O) groups is 1. The molecular weight excluding hydrogens is 200 g/mol. The molecule has 0 unspecified atom stereocenters. The van der Waals surface area contributed by atoms with Crippen molar-refractivity contribution in [2.75, 3.05) is 0 Å². The van der Waals surface area contributed by atoms with Gasteiger partial charge in [0, 0.05) is 5.56 Å². The van der Waals surface area contributed by atoms with E-state index in [9.17, 15) is 4.79 Å². The van der Waals surface area contributed by atoms with Crippen molar-refractivity contribution in [3.63, 3.8) is 0 Å².